The van der Waals surface area contributed by atoms with Crippen molar-refractivity contribution < 1.29 is 14.3 Å². The molecular formula is C17H30N2O3. The van der Waals surface area contributed by atoms with Crippen molar-refractivity contribution in [3.05, 3.63) is 0 Å². The molecule has 126 valence electrons. The molecule has 2 aliphatic heterocycles. The quantitative estimate of drug-likeness (QED) is 0.842. The molecule has 22 heavy (non-hydrogen) atoms. The summed E-state index contributed by atoms with van der Waals surface area (Å²) < 4.78 is 11.4. The molecule has 0 unspecified atom stereocenters. The van der Waals surface area contributed by atoms with Crippen molar-refractivity contribution in [3.63, 3.8) is 0 Å². The molecule has 0 aromatic carbocycles. The first-order valence-electron chi connectivity index (χ1n) is 8.96. The van der Waals surface area contributed by atoms with E-state index in [0.717, 1.165) is 58.3 Å². The van der Waals surface area contributed by atoms with Gasteiger partial charge in [0.1, 0.15) is 0 Å². The Morgan fingerprint density at radius 3 is 2.59 bits per heavy atom. The molecule has 2 heterocycles. The molecule has 3 fully saturated rings. The van der Waals surface area contributed by atoms with Gasteiger partial charge in [-0.3, -0.25) is 0 Å². The van der Waals surface area contributed by atoms with Crippen molar-refractivity contribution in [1.82, 2.24) is 10.6 Å². The third-order valence-corrected chi connectivity index (χ3v) is 5.67. The highest BCUT2D eigenvalue weighted by molar-refractivity contribution is 5.74. The minimum absolute atomic E-state index is 0.0148. The summed E-state index contributed by atoms with van der Waals surface area (Å²) in [6, 6.07) is 0.456. The van der Waals surface area contributed by atoms with Crippen LogP contribution in [0.25, 0.3) is 0 Å². The maximum Gasteiger partial charge on any atom is 0.315 e. The summed E-state index contributed by atoms with van der Waals surface area (Å²) in [5.74, 6) is 0.537. The molecule has 2 saturated heterocycles. The Hall–Kier alpha value is -0.810. The first-order valence-corrected chi connectivity index (χ1v) is 8.96. The molecule has 0 aromatic heterocycles. The van der Waals surface area contributed by atoms with Crippen LogP contribution in [0.15, 0.2) is 0 Å². The Morgan fingerprint density at radius 1 is 1.14 bits per heavy atom. The fraction of sp³-hybridized carbons (Fsp3) is 0.941. The Balaban J connectivity index is 1.44. The Labute approximate surface area is 133 Å². The molecular weight excluding hydrogens is 280 g/mol. The van der Waals surface area contributed by atoms with E-state index in [4.69, 9.17) is 9.47 Å². The summed E-state index contributed by atoms with van der Waals surface area (Å²) in [5, 5.41) is 6.31. The van der Waals surface area contributed by atoms with Gasteiger partial charge in [0.05, 0.1) is 5.60 Å². The van der Waals surface area contributed by atoms with E-state index in [9.17, 15) is 4.79 Å². The maximum absolute atomic E-state index is 12.3. The van der Waals surface area contributed by atoms with Gasteiger partial charge in [-0.25, -0.2) is 4.79 Å². The number of amides is 2. The lowest BCUT2D eigenvalue weighted by Gasteiger charge is -2.38. The number of carbonyl (C=O) groups excluding carboxylic acids is 1. The second-order valence-electron chi connectivity index (χ2n) is 7.28. The van der Waals surface area contributed by atoms with Crippen LogP contribution in [0.1, 0.15) is 58.3 Å². The van der Waals surface area contributed by atoms with E-state index in [1.54, 1.807) is 0 Å². The minimum atomic E-state index is -0.0148. The lowest BCUT2D eigenvalue weighted by Crippen LogP contribution is -2.52. The molecule has 3 rings (SSSR count). The van der Waals surface area contributed by atoms with Gasteiger partial charge in [-0.1, -0.05) is 12.8 Å². The molecule has 0 bridgehead atoms. The van der Waals surface area contributed by atoms with Crippen LogP contribution in [0.5, 0.6) is 0 Å². The van der Waals surface area contributed by atoms with Crippen LogP contribution in [0.2, 0.25) is 0 Å². The third-order valence-electron chi connectivity index (χ3n) is 5.67. The first kappa shape index (κ1) is 16.1. The Kier molecular flexibility index (Phi) is 5.24. The van der Waals surface area contributed by atoms with E-state index in [1.165, 1.54) is 12.8 Å². The number of hydrogen-bond acceptors (Lipinski definition) is 3. The fourth-order valence-corrected chi connectivity index (χ4v) is 4.29. The van der Waals surface area contributed by atoms with Gasteiger partial charge >= 0.3 is 6.03 Å². The monoisotopic (exact) mass is 310 g/mol. The number of ether oxygens (including phenoxy) is 2. The smallest absolute Gasteiger partial charge is 0.315 e. The summed E-state index contributed by atoms with van der Waals surface area (Å²) in [6.07, 6.45) is 8.84. The molecule has 1 saturated carbocycles. The largest absolute Gasteiger partial charge is 0.381 e. The number of hydrogen-bond donors (Lipinski definition) is 2. The van der Waals surface area contributed by atoms with Crippen molar-refractivity contribution in [3.8, 4) is 0 Å². The first-order chi connectivity index (χ1) is 10.7. The third kappa shape index (κ3) is 3.93. The summed E-state index contributed by atoms with van der Waals surface area (Å²) in [7, 11) is 0. The van der Waals surface area contributed by atoms with Gasteiger partial charge in [-0.05, 0) is 51.4 Å². The minimum Gasteiger partial charge on any atom is -0.381 e. The molecule has 1 spiro atoms. The average molecular weight is 310 g/mol. The van der Waals surface area contributed by atoms with Crippen molar-refractivity contribution in [2.45, 2.75) is 76.0 Å². The molecule has 1 aliphatic carbocycles. The molecule has 5 nitrogen and oxygen atoms in total. The summed E-state index contributed by atoms with van der Waals surface area (Å²) in [4.78, 5) is 12.3. The van der Waals surface area contributed by atoms with Crippen LogP contribution in [0.4, 0.5) is 4.79 Å². The zero-order chi connectivity index (χ0) is 15.4. The van der Waals surface area contributed by atoms with E-state index in [1.807, 2.05) is 0 Å². The Morgan fingerprint density at radius 2 is 1.86 bits per heavy atom. The normalized spacial score (nSPS) is 30.1. The molecule has 2 N–H and O–H groups in total. The van der Waals surface area contributed by atoms with Crippen LogP contribution >= 0.6 is 0 Å². The predicted molar refractivity (Wildman–Crippen MR) is 84.8 cm³/mol. The lowest BCUT2D eigenvalue weighted by molar-refractivity contribution is -0.0820. The molecule has 2 atom stereocenters. The number of carbonyl (C=O) groups is 1. The van der Waals surface area contributed by atoms with Crippen LogP contribution < -0.4 is 10.6 Å². The number of rotatable bonds is 3. The highest BCUT2D eigenvalue weighted by atomic mass is 16.5. The van der Waals surface area contributed by atoms with E-state index in [-0.39, 0.29) is 23.7 Å². The highest BCUT2D eigenvalue weighted by Gasteiger charge is 2.40. The zero-order valence-corrected chi connectivity index (χ0v) is 13.7. The van der Waals surface area contributed by atoms with Crippen LogP contribution in [0, 0.1) is 5.92 Å². The molecule has 0 aromatic rings. The van der Waals surface area contributed by atoms with Crippen LogP contribution in [-0.4, -0.2) is 43.5 Å². The summed E-state index contributed by atoms with van der Waals surface area (Å²) in [5.41, 5.74) is 0.0581. The van der Waals surface area contributed by atoms with Crippen LogP contribution in [0.3, 0.4) is 0 Å². The van der Waals surface area contributed by atoms with Crippen molar-refractivity contribution in [1.29, 1.82) is 0 Å². The van der Waals surface area contributed by atoms with Gasteiger partial charge in [-0.15, -0.1) is 0 Å². The summed E-state index contributed by atoms with van der Waals surface area (Å²) >= 11 is 0. The van der Waals surface area contributed by atoms with E-state index in [0.29, 0.717) is 5.92 Å². The number of nitrogens with one attached hydrogen (secondary N) is 2. The van der Waals surface area contributed by atoms with E-state index in [2.05, 4.69) is 17.6 Å². The lowest BCUT2D eigenvalue weighted by atomic mass is 9.89. The van der Waals surface area contributed by atoms with Gasteiger partial charge in [-0.2, -0.15) is 0 Å². The maximum atomic E-state index is 12.3. The van der Waals surface area contributed by atoms with Crippen molar-refractivity contribution in [2.75, 3.05) is 19.8 Å². The second-order valence-corrected chi connectivity index (χ2v) is 7.28. The predicted octanol–water partition coefficient (Wildman–Crippen LogP) is 2.59. The zero-order valence-electron chi connectivity index (χ0n) is 13.7. The molecule has 0 radical (unpaired) electrons. The highest BCUT2D eigenvalue weighted by Crippen LogP contribution is 2.39. The van der Waals surface area contributed by atoms with Gasteiger partial charge in [0, 0.05) is 31.9 Å². The fourth-order valence-electron chi connectivity index (χ4n) is 4.29. The second kappa shape index (κ2) is 7.18. The van der Waals surface area contributed by atoms with Gasteiger partial charge in [0.2, 0.25) is 0 Å². The molecule has 2 amide bonds. The van der Waals surface area contributed by atoms with Gasteiger partial charge < -0.3 is 20.1 Å². The van der Waals surface area contributed by atoms with Crippen molar-refractivity contribution >= 4 is 6.03 Å². The average Bonchev–Trinajstić information content (AvgIpc) is 2.95. The van der Waals surface area contributed by atoms with Crippen molar-refractivity contribution in [2.24, 2.45) is 5.92 Å². The van der Waals surface area contributed by atoms with E-state index < -0.39 is 0 Å². The summed E-state index contributed by atoms with van der Waals surface area (Å²) in [6.45, 7) is 4.53. The van der Waals surface area contributed by atoms with Crippen LogP contribution in [-0.2, 0) is 9.47 Å². The van der Waals surface area contributed by atoms with E-state index >= 15 is 0 Å². The number of urea groups is 1. The van der Waals surface area contributed by atoms with Gasteiger partial charge in [0.25, 0.3) is 0 Å². The topological polar surface area (TPSA) is 59.6 Å². The molecule has 5 heteroatoms. The van der Waals surface area contributed by atoms with Gasteiger partial charge in [0.15, 0.2) is 0 Å². The SMILES string of the molecule is C[C@H](NC(=O)N[C@H]1CCOC2(CCCC2)C1)C1CCOCC1. The molecule has 3 aliphatic rings. The Bertz CT molecular complexity index is 376. The standard InChI is InChI=1S/C17H30N2O3/c1-13(14-4-9-21-10-5-14)18-16(20)19-15-6-11-22-17(12-15)7-2-3-8-17/h13-15H,2-12H2,1H3,(H2,18,19,20)/t13-,15-/m0/s1.